The minimum atomic E-state index is -0.270. The molecule has 0 spiro atoms. The van der Waals surface area contributed by atoms with Crippen molar-refractivity contribution in [3.8, 4) is 0 Å². The van der Waals surface area contributed by atoms with Crippen molar-refractivity contribution in [1.29, 1.82) is 0 Å². The van der Waals surface area contributed by atoms with Gasteiger partial charge in [-0.25, -0.2) is 0 Å². The van der Waals surface area contributed by atoms with E-state index in [0.717, 1.165) is 24.3 Å². The highest BCUT2D eigenvalue weighted by Crippen LogP contribution is 2.31. The molecule has 1 amide bonds. The monoisotopic (exact) mass is 421 g/mol. The summed E-state index contributed by atoms with van der Waals surface area (Å²) in [6.45, 7) is 3.65. The van der Waals surface area contributed by atoms with Crippen molar-refractivity contribution in [3.05, 3.63) is 64.7 Å². The van der Waals surface area contributed by atoms with Crippen LogP contribution in [0.5, 0.6) is 0 Å². The van der Waals surface area contributed by atoms with E-state index in [4.69, 9.17) is 4.74 Å². The van der Waals surface area contributed by atoms with E-state index in [2.05, 4.69) is 5.32 Å². The van der Waals surface area contributed by atoms with E-state index in [9.17, 15) is 19.2 Å². The Morgan fingerprint density at radius 3 is 2.48 bits per heavy atom. The standard InChI is InChI=1S/C24H24N2O5/c1-2-31-24(30)15-7-6-12-26(13-15)14-20(27)25-19-11-5-10-18-21(19)23(29)17-9-4-3-8-16(17)22(18)28/h3-5,8-11,15H,2,6-7,12-14H2,1H3,(H,25,27)/p+1/t15-/m1/s1. The van der Waals surface area contributed by atoms with Gasteiger partial charge in [0.05, 0.1) is 30.9 Å². The van der Waals surface area contributed by atoms with Crippen molar-refractivity contribution in [2.75, 3.05) is 31.6 Å². The van der Waals surface area contributed by atoms with Gasteiger partial charge in [-0.1, -0.05) is 36.4 Å². The van der Waals surface area contributed by atoms with Crippen LogP contribution in [0.2, 0.25) is 0 Å². The number of rotatable bonds is 5. The number of benzene rings is 2. The molecule has 4 rings (SSSR count). The first kappa shape index (κ1) is 20.9. The van der Waals surface area contributed by atoms with Gasteiger partial charge in [-0.05, 0) is 25.8 Å². The predicted octanol–water partition coefficient (Wildman–Crippen LogP) is 1.26. The highest BCUT2D eigenvalue weighted by molar-refractivity contribution is 6.30. The number of esters is 1. The van der Waals surface area contributed by atoms with E-state index in [-0.39, 0.29) is 41.5 Å². The fourth-order valence-corrected chi connectivity index (χ4v) is 4.44. The number of hydrogen-bond acceptors (Lipinski definition) is 5. The number of likely N-dealkylation sites (tertiary alicyclic amines) is 1. The number of carbonyl (C=O) groups is 4. The number of carbonyl (C=O) groups excluding carboxylic acids is 4. The van der Waals surface area contributed by atoms with Gasteiger partial charge < -0.3 is 15.0 Å². The van der Waals surface area contributed by atoms with Crippen LogP contribution in [-0.4, -0.2) is 49.7 Å². The molecule has 7 nitrogen and oxygen atoms in total. The van der Waals surface area contributed by atoms with Crippen LogP contribution in [-0.2, 0) is 14.3 Å². The summed E-state index contributed by atoms with van der Waals surface area (Å²) in [5.74, 6) is -1.15. The third kappa shape index (κ3) is 4.14. The second-order valence-electron chi connectivity index (χ2n) is 7.95. The van der Waals surface area contributed by atoms with Crippen molar-refractivity contribution in [2.45, 2.75) is 19.8 Å². The lowest BCUT2D eigenvalue weighted by Crippen LogP contribution is -3.14. The van der Waals surface area contributed by atoms with Crippen molar-refractivity contribution in [3.63, 3.8) is 0 Å². The van der Waals surface area contributed by atoms with Crippen molar-refractivity contribution in [2.24, 2.45) is 5.92 Å². The molecule has 2 aromatic carbocycles. The third-order valence-electron chi connectivity index (χ3n) is 5.88. The van der Waals surface area contributed by atoms with Crippen molar-refractivity contribution < 1.29 is 28.8 Å². The molecule has 1 aliphatic carbocycles. The molecule has 1 fully saturated rings. The van der Waals surface area contributed by atoms with Gasteiger partial charge in [0.1, 0.15) is 5.92 Å². The molecule has 1 unspecified atom stereocenters. The lowest BCUT2D eigenvalue weighted by molar-refractivity contribution is -0.899. The number of fused-ring (bicyclic) bond motifs is 2. The Kier molecular flexibility index (Phi) is 5.95. The maximum Gasteiger partial charge on any atom is 0.314 e. The first-order valence-corrected chi connectivity index (χ1v) is 10.6. The van der Waals surface area contributed by atoms with Gasteiger partial charge in [0.2, 0.25) is 0 Å². The number of hydrogen-bond donors (Lipinski definition) is 2. The fraction of sp³-hybridized carbons (Fsp3) is 0.333. The molecule has 160 valence electrons. The molecule has 1 aliphatic heterocycles. The van der Waals surface area contributed by atoms with Crippen LogP contribution < -0.4 is 10.2 Å². The normalized spacial score (nSPS) is 19.9. The third-order valence-corrected chi connectivity index (χ3v) is 5.88. The van der Waals surface area contributed by atoms with Gasteiger partial charge in [-0.15, -0.1) is 0 Å². The topological polar surface area (TPSA) is 94.0 Å². The van der Waals surface area contributed by atoms with Crippen LogP contribution >= 0.6 is 0 Å². The first-order chi connectivity index (χ1) is 15.0. The number of anilines is 1. The van der Waals surface area contributed by atoms with Crippen LogP contribution in [0.3, 0.4) is 0 Å². The fourth-order valence-electron chi connectivity index (χ4n) is 4.44. The Morgan fingerprint density at radius 2 is 1.74 bits per heavy atom. The average molecular weight is 421 g/mol. The molecule has 2 N–H and O–H groups in total. The molecule has 0 radical (unpaired) electrons. The Morgan fingerprint density at radius 1 is 1.03 bits per heavy atom. The van der Waals surface area contributed by atoms with Gasteiger partial charge >= 0.3 is 5.97 Å². The van der Waals surface area contributed by atoms with Crippen LogP contribution in [0.1, 0.15) is 51.6 Å². The number of piperidine rings is 1. The van der Waals surface area contributed by atoms with Crippen molar-refractivity contribution in [1.82, 2.24) is 0 Å². The van der Waals surface area contributed by atoms with Crippen LogP contribution in [0, 0.1) is 5.92 Å². The molecule has 2 aromatic rings. The van der Waals surface area contributed by atoms with E-state index in [1.54, 1.807) is 49.4 Å². The molecular weight excluding hydrogens is 396 g/mol. The zero-order chi connectivity index (χ0) is 22.0. The zero-order valence-electron chi connectivity index (χ0n) is 17.4. The van der Waals surface area contributed by atoms with Crippen LogP contribution in [0.15, 0.2) is 42.5 Å². The summed E-state index contributed by atoms with van der Waals surface area (Å²) in [4.78, 5) is 51.7. The number of ether oxygens (including phenoxy) is 1. The van der Waals surface area contributed by atoms with E-state index in [1.807, 2.05) is 0 Å². The Hall–Kier alpha value is -3.32. The van der Waals surface area contributed by atoms with Gasteiger partial charge in [-0.2, -0.15) is 0 Å². The summed E-state index contributed by atoms with van der Waals surface area (Å²) >= 11 is 0. The van der Waals surface area contributed by atoms with Crippen LogP contribution in [0.4, 0.5) is 5.69 Å². The van der Waals surface area contributed by atoms with E-state index >= 15 is 0 Å². The molecule has 0 saturated carbocycles. The molecule has 2 aliphatic rings. The molecule has 1 heterocycles. The van der Waals surface area contributed by atoms with Crippen LogP contribution in [0.25, 0.3) is 0 Å². The quantitative estimate of drug-likeness (QED) is 0.605. The number of quaternary nitrogens is 1. The summed E-state index contributed by atoms with van der Waals surface area (Å²) in [5.41, 5.74) is 1.60. The molecule has 1 saturated heterocycles. The maximum atomic E-state index is 13.1. The summed E-state index contributed by atoms with van der Waals surface area (Å²) in [7, 11) is 0. The number of ketones is 2. The predicted molar refractivity (Wildman–Crippen MR) is 113 cm³/mol. The Bertz CT molecular complexity index is 1060. The van der Waals surface area contributed by atoms with Gasteiger partial charge in [0.25, 0.3) is 5.91 Å². The molecule has 0 bridgehead atoms. The van der Waals surface area contributed by atoms with E-state index in [1.165, 1.54) is 0 Å². The molecule has 7 heteroatoms. The summed E-state index contributed by atoms with van der Waals surface area (Å²) in [6, 6.07) is 11.6. The molecule has 2 atom stereocenters. The molecule has 0 aromatic heterocycles. The lowest BCUT2D eigenvalue weighted by Gasteiger charge is -2.28. The van der Waals surface area contributed by atoms with Gasteiger partial charge in [-0.3, -0.25) is 19.2 Å². The SMILES string of the molecule is CCOC(=O)[C@@H]1CCC[NH+](CC(=O)Nc2cccc3c2C(=O)c2ccccc2C3=O)C1. The first-order valence-electron chi connectivity index (χ1n) is 10.6. The Balaban J connectivity index is 1.49. The van der Waals surface area contributed by atoms with Crippen molar-refractivity contribution >= 4 is 29.1 Å². The highest BCUT2D eigenvalue weighted by Gasteiger charge is 2.33. The largest absolute Gasteiger partial charge is 0.466 e. The Labute approximate surface area is 180 Å². The second kappa shape index (κ2) is 8.81. The smallest absolute Gasteiger partial charge is 0.314 e. The maximum absolute atomic E-state index is 13.1. The minimum absolute atomic E-state index is 0.179. The average Bonchev–Trinajstić information content (AvgIpc) is 2.77. The number of amides is 1. The zero-order valence-corrected chi connectivity index (χ0v) is 17.4. The van der Waals surface area contributed by atoms with E-state index < -0.39 is 0 Å². The molecule has 31 heavy (non-hydrogen) atoms. The summed E-state index contributed by atoms with van der Waals surface area (Å²) in [6.07, 6.45) is 1.61. The lowest BCUT2D eigenvalue weighted by atomic mass is 9.83. The van der Waals surface area contributed by atoms with Gasteiger partial charge in [0, 0.05) is 16.7 Å². The minimum Gasteiger partial charge on any atom is -0.466 e. The molecular formula is C24H25N2O5+. The second-order valence-corrected chi connectivity index (χ2v) is 7.95. The summed E-state index contributed by atoms with van der Waals surface area (Å²) in [5, 5.41) is 2.82. The summed E-state index contributed by atoms with van der Waals surface area (Å²) < 4.78 is 5.12. The number of nitrogens with one attached hydrogen (secondary N) is 2. The highest BCUT2D eigenvalue weighted by atomic mass is 16.5. The van der Waals surface area contributed by atoms with E-state index in [0.29, 0.717) is 35.5 Å². The van der Waals surface area contributed by atoms with Gasteiger partial charge in [0.15, 0.2) is 18.1 Å².